The van der Waals surface area contributed by atoms with Gasteiger partial charge >= 0.3 is 5.97 Å². The molecule has 0 aromatic rings. The van der Waals surface area contributed by atoms with E-state index in [0.29, 0.717) is 0 Å². The molecule has 0 saturated heterocycles. The van der Waals surface area contributed by atoms with Crippen molar-refractivity contribution in [2.45, 2.75) is 100 Å². The van der Waals surface area contributed by atoms with E-state index < -0.39 is 11.4 Å². The second-order valence-electron chi connectivity index (χ2n) is 9.40. The number of rotatable bonds is 12. The molecule has 0 bridgehead atoms. The monoisotopic (exact) mass is 440 g/mol. The summed E-state index contributed by atoms with van der Waals surface area (Å²) in [6, 6.07) is -0.340. The second kappa shape index (κ2) is 15.9. The molecule has 0 heterocycles. The minimum Gasteiger partial charge on any atom is -0.478 e. The van der Waals surface area contributed by atoms with Gasteiger partial charge in [0.1, 0.15) is 0 Å². The number of carbonyl (C=O) groups is 3. The number of nitrogens with one attached hydrogen (secondary N) is 1. The van der Waals surface area contributed by atoms with Crippen LogP contribution in [0.1, 0.15) is 94.4 Å². The Balaban J connectivity index is 0. The van der Waals surface area contributed by atoms with E-state index in [9.17, 15) is 14.4 Å². The number of nitrogens with zero attached hydrogens (tertiary/aromatic N) is 1. The summed E-state index contributed by atoms with van der Waals surface area (Å²) in [7, 11) is 1.65. The summed E-state index contributed by atoms with van der Waals surface area (Å²) in [6.45, 7) is 17.9. The third kappa shape index (κ3) is 11.9. The average Bonchev–Trinajstić information content (AvgIpc) is 2.69. The number of aliphatic carboxylic acids is 1. The van der Waals surface area contributed by atoms with Crippen molar-refractivity contribution >= 4 is 17.8 Å². The zero-order valence-corrected chi connectivity index (χ0v) is 21.7. The largest absolute Gasteiger partial charge is 0.478 e. The van der Waals surface area contributed by atoms with Crippen LogP contribution in [0.25, 0.3) is 0 Å². The quantitative estimate of drug-likeness (QED) is 0.404. The van der Waals surface area contributed by atoms with Gasteiger partial charge in [-0.2, -0.15) is 0 Å². The maximum absolute atomic E-state index is 12.8. The Morgan fingerprint density at radius 3 is 1.87 bits per heavy atom. The van der Waals surface area contributed by atoms with Crippen LogP contribution in [0.3, 0.4) is 0 Å². The van der Waals surface area contributed by atoms with Crippen LogP contribution in [-0.4, -0.2) is 47.4 Å². The lowest BCUT2D eigenvalue weighted by molar-refractivity contribution is -0.137. The maximum atomic E-state index is 12.8. The van der Waals surface area contributed by atoms with E-state index in [-0.39, 0.29) is 35.9 Å². The molecular formula is C25H48N2O4. The molecule has 0 aromatic carbocycles. The predicted octanol–water partition coefficient (Wildman–Crippen LogP) is 5.28. The van der Waals surface area contributed by atoms with Crippen LogP contribution < -0.4 is 5.32 Å². The van der Waals surface area contributed by atoms with Crippen LogP contribution in [0.4, 0.5) is 0 Å². The molecule has 0 radical (unpaired) electrons. The molecule has 0 aromatic heterocycles. The van der Waals surface area contributed by atoms with Gasteiger partial charge < -0.3 is 15.3 Å². The van der Waals surface area contributed by atoms with Crippen molar-refractivity contribution in [2.75, 3.05) is 13.6 Å². The molecule has 0 aliphatic heterocycles. The van der Waals surface area contributed by atoms with E-state index in [0.717, 1.165) is 38.0 Å². The first kappa shape index (κ1) is 31.3. The molecule has 0 saturated carbocycles. The van der Waals surface area contributed by atoms with Gasteiger partial charge in [-0.25, -0.2) is 4.79 Å². The number of amides is 2. The molecule has 1 atom stereocenters. The van der Waals surface area contributed by atoms with Crippen LogP contribution in [0.15, 0.2) is 11.6 Å². The summed E-state index contributed by atoms with van der Waals surface area (Å²) in [5.74, 6) is -0.408. The van der Waals surface area contributed by atoms with E-state index in [1.165, 1.54) is 11.8 Å². The van der Waals surface area contributed by atoms with Gasteiger partial charge in [-0.3, -0.25) is 9.59 Å². The number of carboxylic acid groups (broad SMARTS) is 1. The van der Waals surface area contributed by atoms with Gasteiger partial charge in [0.15, 0.2) is 0 Å². The Labute approximate surface area is 190 Å². The lowest BCUT2D eigenvalue weighted by atomic mass is 9.77. The molecule has 2 N–H and O–H groups in total. The predicted molar refractivity (Wildman–Crippen MR) is 129 cm³/mol. The van der Waals surface area contributed by atoms with Gasteiger partial charge in [0.05, 0.1) is 12.6 Å². The minimum absolute atomic E-state index is 0.0545. The Morgan fingerprint density at radius 2 is 1.52 bits per heavy atom. The molecule has 0 rings (SSSR count). The fourth-order valence-corrected chi connectivity index (χ4v) is 3.27. The summed E-state index contributed by atoms with van der Waals surface area (Å²) < 4.78 is 0. The SMILES string of the molecule is CC(C)C.CCCCC(CC)(CC)C(=O)NCC(=O)N(C)[C@H](/C=C(\C)C(=O)O)C(C)C. The van der Waals surface area contributed by atoms with Gasteiger partial charge in [0, 0.05) is 18.0 Å². The van der Waals surface area contributed by atoms with Crippen molar-refractivity contribution in [1.29, 1.82) is 0 Å². The lowest BCUT2D eigenvalue weighted by Crippen LogP contribution is -2.48. The highest BCUT2D eigenvalue weighted by atomic mass is 16.4. The van der Waals surface area contributed by atoms with Crippen LogP contribution in [0.5, 0.6) is 0 Å². The first-order chi connectivity index (χ1) is 14.3. The Bertz CT molecular complexity index is 575. The van der Waals surface area contributed by atoms with Gasteiger partial charge in [0.2, 0.25) is 11.8 Å². The van der Waals surface area contributed by atoms with E-state index >= 15 is 0 Å². The van der Waals surface area contributed by atoms with E-state index in [2.05, 4.69) is 33.0 Å². The number of carbonyl (C=O) groups excluding carboxylic acids is 2. The van der Waals surface area contributed by atoms with Crippen molar-refractivity contribution in [1.82, 2.24) is 10.2 Å². The molecule has 0 spiro atoms. The Hall–Kier alpha value is -1.85. The van der Waals surface area contributed by atoms with Crippen molar-refractivity contribution in [3.05, 3.63) is 11.6 Å². The molecule has 0 aliphatic rings. The van der Waals surface area contributed by atoms with Gasteiger partial charge in [-0.1, -0.05) is 74.3 Å². The maximum Gasteiger partial charge on any atom is 0.331 e. The standard InChI is InChI=1S/C21H38N2O4.C4H10/c1-8-11-12-21(9-2,10-3)20(27)22-14-18(24)23(7)17(15(4)5)13-16(6)19(25)26;1-4(2)3/h13,15,17H,8-12,14H2,1-7H3,(H,22,27)(H,25,26);4H,1-3H3/b16-13+;/t17-;/m1./s1. The number of hydrogen-bond acceptors (Lipinski definition) is 3. The number of carboxylic acids is 1. The van der Waals surface area contributed by atoms with E-state index in [4.69, 9.17) is 5.11 Å². The third-order valence-corrected chi connectivity index (χ3v) is 5.53. The summed E-state index contributed by atoms with van der Waals surface area (Å²) >= 11 is 0. The zero-order valence-electron chi connectivity index (χ0n) is 21.7. The zero-order chi connectivity index (χ0) is 24.8. The van der Waals surface area contributed by atoms with Crippen LogP contribution in [-0.2, 0) is 14.4 Å². The smallest absolute Gasteiger partial charge is 0.331 e. The number of unbranched alkanes of at least 4 members (excludes halogenated alkanes) is 1. The minimum atomic E-state index is -0.999. The van der Waals surface area contributed by atoms with Gasteiger partial charge in [-0.15, -0.1) is 0 Å². The summed E-state index contributed by atoms with van der Waals surface area (Å²) in [5, 5.41) is 11.9. The fraction of sp³-hybridized carbons (Fsp3) is 0.800. The first-order valence-electron chi connectivity index (χ1n) is 11.7. The van der Waals surface area contributed by atoms with E-state index in [1.54, 1.807) is 13.1 Å². The molecule has 0 unspecified atom stereocenters. The van der Waals surface area contributed by atoms with Crippen LogP contribution >= 0.6 is 0 Å². The van der Waals surface area contributed by atoms with Crippen LogP contribution in [0, 0.1) is 17.3 Å². The Kier molecular flexibility index (Phi) is 16.1. The molecule has 0 fully saturated rings. The molecule has 182 valence electrons. The second-order valence-corrected chi connectivity index (χ2v) is 9.40. The van der Waals surface area contributed by atoms with Gasteiger partial charge in [-0.05, 0) is 38.0 Å². The molecule has 2 amide bonds. The summed E-state index contributed by atoms with van der Waals surface area (Å²) in [4.78, 5) is 38.0. The highest BCUT2D eigenvalue weighted by molar-refractivity contribution is 5.88. The molecule has 6 heteroatoms. The van der Waals surface area contributed by atoms with Crippen molar-refractivity contribution in [2.24, 2.45) is 17.3 Å². The topological polar surface area (TPSA) is 86.7 Å². The molecule has 6 nitrogen and oxygen atoms in total. The van der Waals surface area contributed by atoms with Crippen LogP contribution in [0.2, 0.25) is 0 Å². The first-order valence-corrected chi connectivity index (χ1v) is 11.7. The van der Waals surface area contributed by atoms with Crippen molar-refractivity contribution in [3.8, 4) is 0 Å². The highest BCUT2D eigenvalue weighted by Crippen LogP contribution is 2.32. The van der Waals surface area contributed by atoms with E-state index in [1.807, 2.05) is 27.7 Å². The molecular weight excluding hydrogens is 392 g/mol. The van der Waals surface area contributed by atoms with Crippen molar-refractivity contribution in [3.63, 3.8) is 0 Å². The molecule has 0 aliphatic carbocycles. The lowest BCUT2D eigenvalue weighted by Gasteiger charge is -2.32. The van der Waals surface area contributed by atoms with Gasteiger partial charge in [0.25, 0.3) is 0 Å². The summed E-state index contributed by atoms with van der Waals surface area (Å²) in [5.41, 5.74) is -0.223. The third-order valence-electron chi connectivity index (χ3n) is 5.53. The fourth-order valence-electron chi connectivity index (χ4n) is 3.27. The normalized spacial score (nSPS) is 12.8. The summed E-state index contributed by atoms with van der Waals surface area (Å²) in [6.07, 6.45) is 5.92. The average molecular weight is 441 g/mol. The number of hydrogen-bond donors (Lipinski definition) is 2. The van der Waals surface area contributed by atoms with Crippen molar-refractivity contribution < 1.29 is 19.5 Å². The number of likely N-dealkylation sites (N-methyl/N-ethyl adjacent to an activating group) is 1. The highest BCUT2D eigenvalue weighted by Gasteiger charge is 2.34. The molecule has 31 heavy (non-hydrogen) atoms. The Morgan fingerprint density at radius 1 is 1.03 bits per heavy atom.